The lowest BCUT2D eigenvalue weighted by Crippen LogP contribution is -2.42. The molecule has 122 valence electrons. The van der Waals surface area contributed by atoms with Crippen molar-refractivity contribution in [2.75, 3.05) is 6.61 Å². The first-order valence-corrected chi connectivity index (χ1v) is 7.68. The average molecular weight is 322 g/mol. The number of benzene rings is 2. The van der Waals surface area contributed by atoms with Crippen molar-refractivity contribution in [2.24, 2.45) is 5.10 Å². The molecule has 1 heterocycles. The molecule has 5 nitrogen and oxygen atoms in total. The molecule has 5 heteroatoms. The van der Waals surface area contributed by atoms with Crippen LogP contribution in [0.4, 0.5) is 0 Å². The number of hydrogen-bond donors (Lipinski definition) is 1. The molecule has 0 bridgehead atoms. The van der Waals surface area contributed by atoms with Crippen molar-refractivity contribution in [2.45, 2.75) is 13.0 Å². The molecule has 1 unspecified atom stereocenters. The van der Waals surface area contributed by atoms with Crippen molar-refractivity contribution in [3.05, 3.63) is 66.2 Å². The molecule has 1 aliphatic heterocycles. The molecule has 0 saturated heterocycles. The van der Waals surface area contributed by atoms with E-state index in [0.717, 1.165) is 5.56 Å². The van der Waals surface area contributed by atoms with Crippen LogP contribution in [0.1, 0.15) is 12.5 Å². The van der Waals surface area contributed by atoms with Gasteiger partial charge in [-0.2, -0.15) is 5.10 Å². The van der Waals surface area contributed by atoms with Crippen LogP contribution < -0.4 is 14.9 Å². The van der Waals surface area contributed by atoms with Gasteiger partial charge >= 0.3 is 0 Å². The Hall–Kier alpha value is -3.08. The van der Waals surface area contributed by atoms with Crippen molar-refractivity contribution in [1.82, 2.24) is 5.43 Å². The standard InChI is InChI=1S/C19H18N2O3/c1-14(11-12-15-7-3-2-4-8-15)20-21-19(22)18-13-23-16-9-5-6-10-17(16)24-18/h2-12,18H,13H2,1H3,(H,21,22)/b12-11+,20-14+. The Morgan fingerprint density at radius 2 is 1.83 bits per heavy atom. The van der Waals surface area contributed by atoms with E-state index >= 15 is 0 Å². The lowest BCUT2D eigenvalue weighted by atomic mass is 10.2. The Morgan fingerprint density at radius 3 is 2.62 bits per heavy atom. The molecule has 1 N–H and O–H groups in total. The number of nitrogens with zero attached hydrogens (tertiary/aromatic N) is 1. The SMILES string of the molecule is CC(/C=C/c1ccccc1)=N\NC(=O)C1COc2ccccc2O1. The van der Waals surface area contributed by atoms with Gasteiger partial charge in [-0.05, 0) is 30.7 Å². The lowest BCUT2D eigenvalue weighted by molar-refractivity contribution is -0.130. The zero-order valence-electron chi connectivity index (χ0n) is 13.3. The van der Waals surface area contributed by atoms with E-state index in [1.807, 2.05) is 61.5 Å². The van der Waals surface area contributed by atoms with Crippen molar-refractivity contribution in [3.63, 3.8) is 0 Å². The van der Waals surface area contributed by atoms with E-state index in [1.165, 1.54) is 0 Å². The molecule has 0 spiro atoms. The summed E-state index contributed by atoms with van der Waals surface area (Å²) in [5.74, 6) is 0.873. The molecule has 0 aliphatic carbocycles. The Morgan fingerprint density at radius 1 is 1.12 bits per heavy atom. The summed E-state index contributed by atoms with van der Waals surface area (Å²) < 4.78 is 11.2. The molecule has 24 heavy (non-hydrogen) atoms. The molecule has 1 aliphatic rings. The smallest absolute Gasteiger partial charge is 0.284 e. The van der Waals surface area contributed by atoms with Gasteiger partial charge in [0, 0.05) is 0 Å². The maximum absolute atomic E-state index is 12.1. The molecule has 2 aromatic rings. The van der Waals surface area contributed by atoms with E-state index < -0.39 is 6.10 Å². The van der Waals surface area contributed by atoms with Gasteiger partial charge in [-0.15, -0.1) is 0 Å². The van der Waals surface area contributed by atoms with Gasteiger partial charge in [0.05, 0.1) is 5.71 Å². The van der Waals surface area contributed by atoms with Gasteiger partial charge in [-0.3, -0.25) is 4.79 Å². The summed E-state index contributed by atoms with van der Waals surface area (Å²) in [5, 5.41) is 4.07. The van der Waals surface area contributed by atoms with Crippen LogP contribution in [0.2, 0.25) is 0 Å². The highest BCUT2D eigenvalue weighted by molar-refractivity contribution is 5.97. The van der Waals surface area contributed by atoms with Crippen LogP contribution in [0.25, 0.3) is 6.08 Å². The summed E-state index contributed by atoms with van der Waals surface area (Å²) in [5.41, 5.74) is 4.27. The van der Waals surface area contributed by atoms with E-state index in [2.05, 4.69) is 10.5 Å². The number of carbonyl (C=O) groups excluding carboxylic acids is 1. The highest BCUT2D eigenvalue weighted by Gasteiger charge is 2.26. The van der Waals surface area contributed by atoms with Crippen LogP contribution in [-0.2, 0) is 4.79 Å². The third-order valence-corrected chi connectivity index (χ3v) is 3.46. The number of hydrogen-bond acceptors (Lipinski definition) is 4. The summed E-state index contributed by atoms with van der Waals surface area (Å²) in [4.78, 5) is 12.1. The van der Waals surface area contributed by atoms with E-state index in [0.29, 0.717) is 17.2 Å². The van der Waals surface area contributed by atoms with Crippen LogP contribution in [0, 0.1) is 0 Å². The molecule has 0 aromatic heterocycles. The molecular weight excluding hydrogens is 304 g/mol. The number of hydrazone groups is 1. The summed E-state index contributed by atoms with van der Waals surface area (Å²) >= 11 is 0. The number of ether oxygens (including phenoxy) is 2. The predicted molar refractivity (Wildman–Crippen MR) is 93.1 cm³/mol. The van der Waals surface area contributed by atoms with E-state index in [4.69, 9.17) is 9.47 Å². The van der Waals surface area contributed by atoms with Gasteiger partial charge in [-0.1, -0.05) is 48.5 Å². The fourth-order valence-corrected chi connectivity index (χ4v) is 2.18. The number of rotatable bonds is 4. The second-order valence-corrected chi connectivity index (χ2v) is 5.34. The predicted octanol–water partition coefficient (Wildman–Crippen LogP) is 3.03. The zero-order chi connectivity index (χ0) is 16.8. The lowest BCUT2D eigenvalue weighted by Gasteiger charge is -2.24. The number of fused-ring (bicyclic) bond motifs is 1. The average Bonchev–Trinajstić information content (AvgIpc) is 2.65. The van der Waals surface area contributed by atoms with Gasteiger partial charge in [0.2, 0.25) is 6.10 Å². The third kappa shape index (κ3) is 4.01. The summed E-state index contributed by atoms with van der Waals surface area (Å²) in [6.45, 7) is 1.98. The molecule has 1 atom stereocenters. The molecule has 2 aromatic carbocycles. The molecule has 0 radical (unpaired) electrons. The van der Waals surface area contributed by atoms with Crippen LogP contribution in [0.15, 0.2) is 65.8 Å². The van der Waals surface area contributed by atoms with Crippen LogP contribution in [0.5, 0.6) is 11.5 Å². The van der Waals surface area contributed by atoms with E-state index in [9.17, 15) is 4.79 Å². The van der Waals surface area contributed by atoms with Gasteiger partial charge < -0.3 is 9.47 Å². The number of para-hydroxylation sites is 2. The second-order valence-electron chi connectivity index (χ2n) is 5.34. The zero-order valence-corrected chi connectivity index (χ0v) is 13.3. The summed E-state index contributed by atoms with van der Waals surface area (Å²) in [6, 6.07) is 17.1. The van der Waals surface area contributed by atoms with Gasteiger partial charge in [0.25, 0.3) is 5.91 Å². The van der Waals surface area contributed by atoms with Gasteiger partial charge in [0.15, 0.2) is 11.5 Å². The largest absolute Gasteiger partial charge is 0.485 e. The first kappa shape index (κ1) is 15.8. The van der Waals surface area contributed by atoms with Crippen LogP contribution in [-0.4, -0.2) is 24.3 Å². The maximum Gasteiger partial charge on any atom is 0.284 e. The topological polar surface area (TPSA) is 59.9 Å². The normalized spacial score (nSPS) is 16.9. The monoisotopic (exact) mass is 322 g/mol. The Bertz CT molecular complexity index is 769. The minimum atomic E-state index is -0.713. The van der Waals surface area contributed by atoms with Crippen molar-refractivity contribution in [3.8, 4) is 11.5 Å². The fraction of sp³-hybridized carbons (Fsp3) is 0.158. The third-order valence-electron chi connectivity index (χ3n) is 3.46. The molecule has 1 amide bonds. The highest BCUT2D eigenvalue weighted by Crippen LogP contribution is 2.30. The number of allylic oxidation sites excluding steroid dienone is 1. The van der Waals surface area contributed by atoms with E-state index in [1.54, 1.807) is 12.1 Å². The summed E-state index contributed by atoms with van der Waals surface area (Å²) in [7, 11) is 0. The van der Waals surface area contributed by atoms with Gasteiger partial charge in [-0.25, -0.2) is 5.43 Å². The number of amides is 1. The van der Waals surface area contributed by atoms with Crippen molar-refractivity contribution >= 4 is 17.7 Å². The molecular formula is C19H18N2O3. The van der Waals surface area contributed by atoms with Crippen LogP contribution in [0.3, 0.4) is 0 Å². The van der Waals surface area contributed by atoms with Crippen molar-refractivity contribution < 1.29 is 14.3 Å². The summed E-state index contributed by atoms with van der Waals surface area (Å²) in [6.07, 6.45) is 3.06. The minimum absolute atomic E-state index is 0.164. The Labute approximate surface area is 140 Å². The Kier molecular flexibility index (Phi) is 4.91. The first-order chi connectivity index (χ1) is 11.7. The maximum atomic E-state index is 12.1. The van der Waals surface area contributed by atoms with E-state index in [-0.39, 0.29) is 12.5 Å². The quantitative estimate of drug-likeness (QED) is 0.695. The minimum Gasteiger partial charge on any atom is -0.485 e. The molecule has 0 saturated carbocycles. The highest BCUT2D eigenvalue weighted by atomic mass is 16.6. The van der Waals surface area contributed by atoms with Gasteiger partial charge in [0.1, 0.15) is 6.61 Å². The number of carbonyl (C=O) groups is 1. The second kappa shape index (κ2) is 7.46. The molecule has 0 fully saturated rings. The number of nitrogens with one attached hydrogen (secondary N) is 1. The molecule has 3 rings (SSSR count). The van der Waals surface area contributed by atoms with Crippen LogP contribution >= 0.6 is 0 Å². The Balaban J connectivity index is 1.56. The van der Waals surface area contributed by atoms with Crippen molar-refractivity contribution in [1.29, 1.82) is 0 Å². The fourth-order valence-electron chi connectivity index (χ4n) is 2.18. The first-order valence-electron chi connectivity index (χ1n) is 7.68.